The summed E-state index contributed by atoms with van der Waals surface area (Å²) >= 11 is 0. The Hall–Kier alpha value is -6.12. The van der Waals surface area contributed by atoms with Crippen LogP contribution in [0.3, 0.4) is 0 Å². The van der Waals surface area contributed by atoms with Crippen LogP contribution in [0, 0.1) is 0 Å². The van der Waals surface area contributed by atoms with Gasteiger partial charge in [-0.05, 0) is 96.7 Å². The molecule has 9 aromatic rings. The smallest absolute Gasteiger partial charge is 0.0794 e. The predicted molar refractivity (Wildman–Crippen MR) is 194 cm³/mol. The lowest BCUT2D eigenvalue weighted by molar-refractivity contribution is 1.33. The van der Waals surface area contributed by atoms with E-state index in [9.17, 15) is 0 Å². The van der Waals surface area contributed by atoms with Crippen molar-refractivity contribution in [1.82, 2.24) is 9.97 Å². The van der Waals surface area contributed by atoms with Crippen molar-refractivity contribution in [3.8, 4) is 44.6 Å². The van der Waals surface area contributed by atoms with E-state index in [-0.39, 0.29) is 0 Å². The number of hydrogen-bond donors (Lipinski definition) is 0. The van der Waals surface area contributed by atoms with Gasteiger partial charge in [0.25, 0.3) is 0 Å². The third-order valence-electron chi connectivity index (χ3n) is 9.13. The zero-order valence-corrected chi connectivity index (χ0v) is 25.1. The van der Waals surface area contributed by atoms with E-state index in [0.29, 0.717) is 0 Å². The molecule has 0 radical (unpaired) electrons. The van der Waals surface area contributed by atoms with E-state index in [2.05, 4.69) is 163 Å². The summed E-state index contributed by atoms with van der Waals surface area (Å²) in [5.74, 6) is 0. The van der Waals surface area contributed by atoms with Gasteiger partial charge in [0.05, 0.1) is 11.2 Å². The van der Waals surface area contributed by atoms with Crippen molar-refractivity contribution < 1.29 is 0 Å². The first kappa shape index (κ1) is 26.3. The molecule has 2 heterocycles. The van der Waals surface area contributed by atoms with Crippen LogP contribution in [-0.2, 0) is 0 Å². The summed E-state index contributed by atoms with van der Waals surface area (Å²) in [6.45, 7) is 0. The highest BCUT2D eigenvalue weighted by atomic mass is 14.7. The average molecular weight is 585 g/mol. The topological polar surface area (TPSA) is 25.8 Å². The first-order chi connectivity index (χ1) is 22.8. The Morgan fingerprint density at radius 1 is 0.326 bits per heavy atom. The minimum absolute atomic E-state index is 0.973. The van der Waals surface area contributed by atoms with Crippen molar-refractivity contribution in [3.63, 3.8) is 0 Å². The molecule has 0 bridgehead atoms. The molecule has 0 unspecified atom stereocenters. The van der Waals surface area contributed by atoms with Crippen LogP contribution < -0.4 is 0 Å². The summed E-state index contributed by atoms with van der Waals surface area (Å²) in [7, 11) is 0. The first-order valence-corrected chi connectivity index (χ1v) is 15.6. The molecular weight excluding hydrogens is 556 g/mol. The van der Waals surface area contributed by atoms with Crippen LogP contribution in [0.15, 0.2) is 170 Å². The van der Waals surface area contributed by atoms with Crippen LogP contribution in [-0.4, -0.2) is 9.97 Å². The van der Waals surface area contributed by atoms with Crippen molar-refractivity contribution in [3.05, 3.63) is 170 Å². The minimum Gasteiger partial charge on any atom is -0.265 e. The third-order valence-corrected chi connectivity index (χ3v) is 9.13. The number of hydrogen-bond acceptors (Lipinski definition) is 2. The molecule has 7 aromatic carbocycles. The van der Waals surface area contributed by atoms with Gasteiger partial charge in [0.1, 0.15) is 0 Å². The standard InChI is InChI=1S/C44H28N2/c1-3-9-34-25-36(19-15-29(34)7-1)41-28-43(37-20-16-30-8-2-4-10-35(30)26-37)46-44-39-12-6-5-11-38(39)40(27-42(41)44)33-17-13-31(14-18-33)32-21-23-45-24-22-32/h1-28H. The van der Waals surface area contributed by atoms with Gasteiger partial charge in [-0.3, -0.25) is 4.98 Å². The van der Waals surface area contributed by atoms with Crippen molar-refractivity contribution in [1.29, 1.82) is 0 Å². The molecule has 0 atom stereocenters. The van der Waals surface area contributed by atoms with Gasteiger partial charge < -0.3 is 0 Å². The summed E-state index contributed by atoms with van der Waals surface area (Å²) in [6.07, 6.45) is 3.68. The number of benzene rings is 7. The minimum atomic E-state index is 0.973. The molecule has 0 aliphatic rings. The molecule has 2 nitrogen and oxygen atoms in total. The van der Waals surface area contributed by atoms with Crippen LogP contribution in [0.5, 0.6) is 0 Å². The molecule has 0 fully saturated rings. The maximum absolute atomic E-state index is 5.41. The largest absolute Gasteiger partial charge is 0.265 e. The summed E-state index contributed by atoms with van der Waals surface area (Å²) < 4.78 is 0. The highest BCUT2D eigenvalue weighted by Crippen LogP contribution is 2.41. The number of fused-ring (bicyclic) bond motifs is 5. The number of nitrogens with zero attached hydrogens (tertiary/aromatic N) is 2. The fraction of sp³-hybridized carbons (Fsp3) is 0. The molecule has 0 saturated carbocycles. The van der Waals surface area contributed by atoms with Crippen molar-refractivity contribution >= 4 is 43.2 Å². The van der Waals surface area contributed by atoms with Gasteiger partial charge in [-0.1, -0.05) is 121 Å². The zero-order valence-electron chi connectivity index (χ0n) is 25.1. The van der Waals surface area contributed by atoms with Crippen LogP contribution in [0.2, 0.25) is 0 Å². The van der Waals surface area contributed by atoms with Gasteiger partial charge >= 0.3 is 0 Å². The summed E-state index contributed by atoms with van der Waals surface area (Å²) in [6, 6.07) is 56.8. The monoisotopic (exact) mass is 584 g/mol. The van der Waals surface area contributed by atoms with Crippen molar-refractivity contribution in [2.75, 3.05) is 0 Å². The normalized spacial score (nSPS) is 11.5. The Bertz CT molecular complexity index is 2570. The second kappa shape index (κ2) is 10.8. The molecule has 214 valence electrons. The average Bonchev–Trinajstić information content (AvgIpc) is 3.14. The van der Waals surface area contributed by atoms with Crippen molar-refractivity contribution in [2.45, 2.75) is 0 Å². The van der Waals surface area contributed by atoms with Crippen LogP contribution in [0.1, 0.15) is 0 Å². The van der Waals surface area contributed by atoms with Crippen LogP contribution in [0.4, 0.5) is 0 Å². The molecule has 0 N–H and O–H groups in total. The highest BCUT2D eigenvalue weighted by Gasteiger charge is 2.16. The maximum Gasteiger partial charge on any atom is 0.0794 e. The Labute approximate surface area is 267 Å². The molecule has 0 aliphatic heterocycles. The van der Waals surface area contributed by atoms with Gasteiger partial charge in [-0.2, -0.15) is 0 Å². The fourth-order valence-electron chi connectivity index (χ4n) is 6.77. The Morgan fingerprint density at radius 3 is 1.57 bits per heavy atom. The number of rotatable bonds is 4. The Morgan fingerprint density at radius 2 is 0.848 bits per heavy atom. The van der Waals surface area contributed by atoms with E-state index in [1.54, 1.807) is 0 Å². The molecule has 0 spiro atoms. The highest BCUT2D eigenvalue weighted by molar-refractivity contribution is 6.16. The fourth-order valence-corrected chi connectivity index (χ4v) is 6.77. The van der Waals surface area contributed by atoms with E-state index in [1.807, 2.05) is 12.4 Å². The van der Waals surface area contributed by atoms with Gasteiger partial charge in [-0.15, -0.1) is 0 Å². The molecule has 2 aromatic heterocycles. The van der Waals surface area contributed by atoms with Crippen LogP contribution in [0.25, 0.3) is 87.9 Å². The number of aromatic nitrogens is 2. The van der Waals surface area contributed by atoms with Crippen molar-refractivity contribution in [2.24, 2.45) is 0 Å². The molecule has 46 heavy (non-hydrogen) atoms. The lowest BCUT2D eigenvalue weighted by Crippen LogP contribution is -1.93. The molecule has 0 saturated heterocycles. The molecule has 0 amide bonds. The second-order valence-electron chi connectivity index (χ2n) is 11.9. The molecule has 0 aliphatic carbocycles. The second-order valence-corrected chi connectivity index (χ2v) is 11.9. The van der Waals surface area contributed by atoms with E-state index >= 15 is 0 Å². The zero-order chi connectivity index (χ0) is 30.5. The Kier molecular flexibility index (Phi) is 6.17. The van der Waals surface area contributed by atoms with Crippen LogP contribution >= 0.6 is 0 Å². The van der Waals surface area contributed by atoms with Gasteiger partial charge in [0.15, 0.2) is 0 Å². The molecule has 2 heteroatoms. The SMILES string of the molecule is c1ccc2cc(-c3cc(-c4ccc5ccccc5c4)c4cc(-c5ccc(-c6ccncc6)cc5)c5ccccc5c4n3)ccc2c1. The first-order valence-electron chi connectivity index (χ1n) is 15.6. The third kappa shape index (κ3) is 4.51. The van der Waals surface area contributed by atoms with E-state index in [4.69, 9.17) is 4.98 Å². The van der Waals surface area contributed by atoms with E-state index < -0.39 is 0 Å². The molecule has 9 rings (SSSR count). The summed E-state index contributed by atoms with van der Waals surface area (Å²) in [4.78, 5) is 9.59. The lowest BCUT2D eigenvalue weighted by Gasteiger charge is -2.16. The predicted octanol–water partition coefficient (Wildman–Crippen LogP) is 11.8. The van der Waals surface area contributed by atoms with E-state index in [0.717, 1.165) is 33.1 Å². The Balaban J connectivity index is 1.32. The van der Waals surface area contributed by atoms with Gasteiger partial charge in [0.2, 0.25) is 0 Å². The van der Waals surface area contributed by atoms with Gasteiger partial charge in [-0.25, -0.2) is 4.98 Å². The lowest BCUT2D eigenvalue weighted by atomic mass is 9.90. The maximum atomic E-state index is 5.41. The van der Waals surface area contributed by atoms with Gasteiger partial charge in [0, 0.05) is 28.7 Å². The quantitative estimate of drug-likeness (QED) is 0.192. The van der Waals surface area contributed by atoms with E-state index in [1.165, 1.54) is 54.7 Å². The number of pyridine rings is 2. The molecular formula is C44H28N2. The summed E-state index contributed by atoms with van der Waals surface area (Å²) in [5, 5.41) is 8.39. The summed E-state index contributed by atoms with van der Waals surface area (Å²) in [5.41, 5.74) is 10.2.